The number of hydrogen-bond donors (Lipinski definition) is 1. The van der Waals surface area contributed by atoms with Crippen LogP contribution in [0.4, 0.5) is 0 Å². The van der Waals surface area contributed by atoms with Gasteiger partial charge in [0.05, 0.1) is 13.2 Å². The monoisotopic (exact) mass is 372 g/mol. The van der Waals surface area contributed by atoms with Crippen molar-refractivity contribution in [3.8, 4) is 10.4 Å². The van der Waals surface area contributed by atoms with Gasteiger partial charge in [-0.05, 0) is 29.0 Å². The van der Waals surface area contributed by atoms with Gasteiger partial charge in [0.2, 0.25) is 5.91 Å². The predicted molar refractivity (Wildman–Crippen MR) is 103 cm³/mol. The van der Waals surface area contributed by atoms with Crippen LogP contribution in [0.2, 0.25) is 0 Å². The van der Waals surface area contributed by atoms with E-state index in [1.807, 2.05) is 42.6 Å². The van der Waals surface area contributed by atoms with Gasteiger partial charge in [-0.15, -0.1) is 11.3 Å². The smallest absolute Gasteiger partial charge is 0.251 e. The summed E-state index contributed by atoms with van der Waals surface area (Å²) >= 11 is 1.69. The minimum Gasteiger partial charge on any atom is -0.367 e. The Bertz CT molecular complexity index is 758. The lowest BCUT2D eigenvalue weighted by Gasteiger charge is -2.40. The van der Waals surface area contributed by atoms with Gasteiger partial charge >= 0.3 is 0 Å². The molecule has 2 N–H and O–H groups in total. The zero-order valence-corrected chi connectivity index (χ0v) is 15.8. The normalized spacial score (nSPS) is 20.1. The van der Waals surface area contributed by atoms with E-state index in [9.17, 15) is 9.59 Å². The molecule has 2 heterocycles. The van der Waals surface area contributed by atoms with Crippen LogP contribution in [-0.2, 0) is 20.7 Å². The molecular formula is C20H24N2O3S. The maximum absolute atomic E-state index is 12.3. The van der Waals surface area contributed by atoms with Crippen LogP contribution in [0.1, 0.15) is 25.3 Å². The molecule has 1 aromatic carbocycles. The lowest BCUT2D eigenvalue weighted by molar-refractivity contribution is -0.163. The number of nitrogens with zero attached hydrogens (tertiary/aromatic N) is 1. The van der Waals surface area contributed by atoms with Crippen LogP contribution >= 0.6 is 11.3 Å². The van der Waals surface area contributed by atoms with Crippen LogP contribution in [0.25, 0.3) is 10.4 Å². The molecule has 1 fully saturated rings. The summed E-state index contributed by atoms with van der Waals surface area (Å²) in [5, 5.41) is 2.04. The van der Waals surface area contributed by atoms with Gasteiger partial charge in [0.25, 0.3) is 5.91 Å². The summed E-state index contributed by atoms with van der Waals surface area (Å²) in [5.74, 6) is -0.469. The quantitative estimate of drug-likeness (QED) is 0.847. The summed E-state index contributed by atoms with van der Waals surface area (Å²) < 4.78 is 5.83. The number of carbonyl (C=O) groups excluding carboxylic acids is 2. The third kappa shape index (κ3) is 3.97. The first-order valence-corrected chi connectivity index (χ1v) is 9.76. The van der Waals surface area contributed by atoms with Gasteiger partial charge in [0, 0.05) is 24.3 Å². The van der Waals surface area contributed by atoms with Crippen LogP contribution in [-0.4, -0.2) is 42.0 Å². The molecule has 1 saturated heterocycles. The number of hydrogen-bond acceptors (Lipinski definition) is 4. The molecule has 0 unspecified atom stereocenters. The van der Waals surface area contributed by atoms with E-state index in [-0.39, 0.29) is 12.5 Å². The van der Waals surface area contributed by atoms with Crippen LogP contribution in [0.3, 0.4) is 0 Å². The summed E-state index contributed by atoms with van der Waals surface area (Å²) in [4.78, 5) is 27.4. The third-order valence-corrected chi connectivity index (χ3v) is 5.62. The zero-order chi connectivity index (χ0) is 18.6. The molecule has 0 radical (unpaired) electrons. The molecule has 0 spiro atoms. The molecule has 1 aromatic heterocycles. The average molecular weight is 372 g/mol. The Balaban J connectivity index is 1.77. The van der Waals surface area contributed by atoms with Crippen molar-refractivity contribution in [3.05, 3.63) is 47.3 Å². The van der Waals surface area contributed by atoms with E-state index in [2.05, 4.69) is 6.07 Å². The number of nitrogens with two attached hydrogens (primary N) is 1. The lowest BCUT2D eigenvalue weighted by Crippen LogP contribution is -2.61. The van der Waals surface area contributed by atoms with Gasteiger partial charge in [0.1, 0.15) is 0 Å². The lowest BCUT2D eigenvalue weighted by atomic mass is 9.91. The molecular weight excluding hydrogens is 348 g/mol. The number of amides is 2. The molecule has 0 aliphatic carbocycles. The van der Waals surface area contributed by atoms with E-state index in [1.165, 1.54) is 4.88 Å². The van der Waals surface area contributed by atoms with E-state index < -0.39 is 11.5 Å². The van der Waals surface area contributed by atoms with Crippen LogP contribution in [0, 0.1) is 0 Å². The number of thiophene rings is 1. The summed E-state index contributed by atoms with van der Waals surface area (Å²) in [7, 11) is 0. The van der Waals surface area contributed by atoms with Crippen molar-refractivity contribution in [3.63, 3.8) is 0 Å². The zero-order valence-electron chi connectivity index (χ0n) is 14.9. The first-order chi connectivity index (χ1) is 12.5. The van der Waals surface area contributed by atoms with Crippen LogP contribution in [0.15, 0.2) is 41.8 Å². The fourth-order valence-corrected chi connectivity index (χ4v) is 4.00. The second kappa shape index (κ2) is 8.01. The van der Waals surface area contributed by atoms with Crippen molar-refractivity contribution in [2.75, 3.05) is 19.7 Å². The molecule has 3 rings (SSSR count). The second-order valence-corrected chi connectivity index (χ2v) is 7.57. The highest BCUT2D eigenvalue weighted by molar-refractivity contribution is 7.13. The van der Waals surface area contributed by atoms with Crippen molar-refractivity contribution in [1.29, 1.82) is 0 Å². The van der Waals surface area contributed by atoms with Crippen molar-refractivity contribution in [1.82, 2.24) is 4.90 Å². The number of ether oxygens (including phenoxy) is 1. The van der Waals surface area contributed by atoms with E-state index >= 15 is 0 Å². The molecule has 26 heavy (non-hydrogen) atoms. The number of rotatable bonds is 6. The summed E-state index contributed by atoms with van der Waals surface area (Å²) in [5.41, 5.74) is 6.64. The maximum atomic E-state index is 12.3. The first-order valence-electron chi connectivity index (χ1n) is 8.88. The molecule has 5 nitrogen and oxygen atoms in total. The topological polar surface area (TPSA) is 72.6 Å². The number of morpholine rings is 1. The van der Waals surface area contributed by atoms with Crippen molar-refractivity contribution >= 4 is 23.2 Å². The van der Waals surface area contributed by atoms with E-state index in [0.717, 1.165) is 17.5 Å². The SMILES string of the molecule is CCCC(=O)N1CCO[C@](Cc2ccc(-c3cccs3)cc2)(C(N)=O)C1. The van der Waals surface area contributed by atoms with Crippen LogP contribution < -0.4 is 5.73 Å². The molecule has 6 heteroatoms. The molecule has 1 aliphatic heterocycles. The van der Waals surface area contributed by atoms with E-state index in [1.54, 1.807) is 16.2 Å². The Morgan fingerprint density at radius 3 is 2.65 bits per heavy atom. The fraction of sp³-hybridized carbons (Fsp3) is 0.400. The Kier molecular flexibility index (Phi) is 5.74. The first kappa shape index (κ1) is 18.6. The minimum atomic E-state index is -1.16. The molecule has 1 atom stereocenters. The van der Waals surface area contributed by atoms with Gasteiger partial charge in [-0.3, -0.25) is 9.59 Å². The molecule has 0 saturated carbocycles. The standard InChI is InChI=1S/C20H24N2O3S/c1-2-4-18(23)22-10-11-25-20(14-22,19(21)24)13-15-6-8-16(9-7-15)17-5-3-12-26-17/h3,5-9,12H,2,4,10-11,13-14H2,1H3,(H2,21,24)/t20-/m0/s1. The fourth-order valence-electron chi connectivity index (χ4n) is 3.27. The number of benzene rings is 1. The molecule has 1 aliphatic rings. The number of primary amides is 1. The van der Waals surface area contributed by atoms with Crippen LogP contribution in [0.5, 0.6) is 0 Å². The maximum Gasteiger partial charge on any atom is 0.251 e. The molecule has 2 aromatic rings. The van der Waals surface area contributed by atoms with Gasteiger partial charge < -0.3 is 15.4 Å². The van der Waals surface area contributed by atoms with Crippen molar-refractivity contribution < 1.29 is 14.3 Å². The summed E-state index contributed by atoms with van der Waals surface area (Å²) in [6.45, 7) is 3.01. The Morgan fingerprint density at radius 2 is 2.04 bits per heavy atom. The molecule has 2 amide bonds. The largest absolute Gasteiger partial charge is 0.367 e. The van der Waals surface area contributed by atoms with Crippen molar-refractivity contribution in [2.24, 2.45) is 5.73 Å². The predicted octanol–water partition coefficient (Wildman–Crippen LogP) is 2.84. The highest BCUT2D eigenvalue weighted by Crippen LogP contribution is 2.28. The summed E-state index contributed by atoms with van der Waals surface area (Å²) in [6, 6.07) is 12.2. The van der Waals surface area contributed by atoms with Gasteiger partial charge in [-0.2, -0.15) is 0 Å². The van der Waals surface area contributed by atoms with Gasteiger partial charge in [0.15, 0.2) is 5.60 Å². The summed E-state index contributed by atoms with van der Waals surface area (Å²) in [6.07, 6.45) is 1.62. The third-order valence-electron chi connectivity index (χ3n) is 4.70. The Hall–Kier alpha value is -2.18. The Labute approximate surface area is 157 Å². The van der Waals surface area contributed by atoms with Gasteiger partial charge in [-0.1, -0.05) is 37.3 Å². The highest BCUT2D eigenvalue weighted by Gasteiger charge is 2.43. The Morgan fingerprint density at radius 1 is 1.27 bits per heavy atom. The minimum absolute atomic E-state index is 0.0504. The molecule has 0 bridgehead atoms. The van der Waals surface area contributed by atoms with Crippen molar-refractivity contribution in [2.45, 2.75) is 31.8 Å². The number of carbonyl (C=O) groups is 2. The highest BCUT2D eigenvalue weighted by atomic mass is 32.1. The average Bonchev–Trinajstić information content (AvgIpc) is 3.17. The molecule has 138 valence electrons. The van der Waals surface area contributed by atoms with Gasteiger partial charge in [-0.25, -0.2) is 0 Å². The van der Waals surface area contributed by atoms with E-state index in [0.29, 0.717) is 26.0 Å². The second-order valence-electron chi connectivity index (χ2n) is 6.62. The van der Waals surface area contributed by atoms with E-state index in [4.69, 9.17) is 10.5 Å².